The van der Waals surface area contributed by atoms with Gasteiger partial charge in [0.05, 0.1) is 17.4 Å². The van der Waals surface area contributed by atoms with E-state index >= 15 is 0 Å². The largest absolute Gasteiger partial charge is 0.454 e. The Bertz CT molecular complexity index is 1270. The number of nitrogens with one attached hydrogen (secondary N) is 1. The normalized spacial score (nSPS) is 12.3. The molecule has 0 aliphatic carbocycles. The zero-order chi connectivity index (χ0) is 19.8. The van der Waals surface area contributed by atoms with Gasteiger partial charge in [0.2, 0.25) is 6.79 Å². The van der Waals surface area contributed by atoms with Crippen LogP contribution in [0.25, 0.3) is 22.3 Å². The van der Waals surface area contributed by atoms with Crippen LogP contribution in [0.5, 0.6) is 11.5 Å². The molecule has 1 N–H and O–H groups in total. The van der Waals surface area contributed by atoms with Crippen molar-refractivity contribution in [1.82, 2.24) is 9.66 Å². The van der Waals surface area contributed by atoms with E-state index in [-0.39, 0.29) is 12.4 Å². The van der Waals surface area contributed by atoms with Crippen LogP contribution in [0.3, 0.4) is 0 Å². The maximum Gasteiger partial charge on any atom is 0.280 e. The molecule has 0 atom stereocenters. The number of nitrogens with zero attached hydrogens (tertiary/aromatic N) is 2. The zero-order valence-electron chi connectivity index (χ0n) is 15.3. The van der Waals surface area contributed by atoms with Gasteiger partial charge < -0.3 is 14.9 Å². The van der Waals surface area contributed by atoms with Gasteiger partial charge in [-0.3, -0.25) is 4.79 Å². The summed E-state index contributed by atoms with van der Waals surface area (Å²) in [5.74, 6) is 1.81. The maximum atomic E-state index is 13.2. The average Bonchev–Trinajstić information content (AvgIpc) is 3.22. The predicted molar refractivity (Wildman–Crippen MR) is 112 cm³/mol. The van der Waals surface area contributed by atoms with E-state index in [1.165, 1.54) is 4.68 Å². The standard InChI is InChI=1S/C22H16ClN3O3/c23-16-8-5-14(6-9-16)12-24-26-21(15-7-10-19-20(11-15)29-13-28-19)25-18-4-2-1-3-17(18)22(26)27/h1-11,24H,12-13H2. The lowest BCUT2D eigenvalue weighted by Gasteiger charge is -2.16. The second-order valence-corrected chi connectivity index (χ2v) is 7.06. The van der Waals surface area contributed by atoms with Crippen molar-refractivity contribution in [1.29, 1.82) is 0 Å². The Labute approximate surface area is 171 Å². The molecule has 0 unspecified atom stereocenters. The maximum absolute atomic E-state index is 13.2. The number of aromatic nitrogens is 2. The zero-order valence-corrected chi connectivity index (χ0v) is 16.0. The van der Waals surface area contributed by atoms with Crippen LogP contribution in [-0.2, 0) is 6.54 Å². The van der Waals surface area contributed by atoms with E-state index < -0.39 is 0 Å². The molecule has 0 bridgehead atoms. The molecule has 0 spiro atoms. The molecule has 1 aliphatic rings. The number of para-hydroxylation sites is 1. The number of halogens is 1. The Hall–Kier alpha value is -3.51. The first kappa shape index (κ1) is 17.6. The van der Waals surface area contributed by atoms with Crippen LogP contribution in [0.4, 0.5) is 0 Å². The lowest BCUT2D eigenvalue weighted by Crippen LogP contribution is -2.31. The highest BCUT2D eigenvalue weighted by molar-refractivity contribution is 6.30. The van der Waals surface area contributed by atoms with Gasteiger partial charge in [0, 0.05) is 10.6 Å². The van der Waals surface area contributed by atoms with Crippen molar-refractivity contribution in [2.24, 2.45) is 0 Å². The highest BCUT2D eigenvalue weighted by atomic mass is 35.5. The third-order valence-corrected chi connectivity index (χ3v) is 5.01. The number of hydrogen-bond acceptors (Lipinski definition) is 5. The summed E-state index contributed by atoms with van der Waals surface area (Å²) in [6.45, 7) is 0.625. The molecule has 0 saturated heterocycles. The minimum Gasteiger partial charge on any atom is -0.454 e. The van der Waals surface area contributed by atoms with E-state index in [1.807, 2.05) is 60.7 Å². The molecular formula is C22H16ClN3O3. The first-order valence-electron chi connectivity index (χ1n) is 9.09. The van der Waals surface area contributed by atoms with E-state index in [4.69, 9.17) is 26.1 Å². The minimum atomic E-state index is -0.169. The first-order valence-corrected chi connectivity index (χ1v) is 9.47. The number of benzene rings is 3. The van der Waals surface area contributed by atoms with Crippen molar-refractivity contribution in [2.75, 3.05) is 12.2 Å². The molecule has 29 heavy (non-hydrogen) atoms. The monoisotopic (exact) mass is 405 g/mol. The van der Waals surface area contributed by atoms with Crippen LogP contribution in [0, 0.1) is 0 Å². The quantitative estimate of drug-likeness (QED) is 0.551. The predicted octanol–water partition coefficient (Wildman–Crippen LogP) is 4.19. The highest BCUT2D eigenvalue weighted by Gasteiger charge is 2.18. The van der Waals surface area contributed by atoms with Crippen molar-refractivity contribution >= 4 is 22.5 Å². The smallest absolute Gasteiger partial charge is 0.280 e. The molecule has 5 rings (SSSR count). The van der Waals surface area contributed by atoms with Gasteiger partial charge in [0.15, 0.2) is 17.3 Å². The van der Waals surface area contributed by atoms with Gasteiger partial charge in [-0.2, -0.15) is 0 Å². The summed E-state index contributed by atoms with van der Waals surface area (Å²) in [4.78, 5) is 18.0. The molecule has 0 amide bonds. The van der Waals surface area contributed by atoms with E-state index in [9.17, 15) is 4.79 Å². The van der Waals surface area contributed by atoms with Gasteiger partial charge in [0.1, 0.15) is 0 Å². The topological polar surface area (TPSA) is 65.4 Å². The highest BCUT2D eigenvalue weighted by Crippen LogP contribution is 2.35. The van der Waals surface area contributed by atoms with Gasteiger partial charge in [-0.15, -0.1) is 0 Å². The fraction of sp³-hybridized carbons (Fsp3) is 0.0909. The van der Waals surface area contributed by atoms with Gasteiger partial charge >= 0.3 is 0 Å². The van der Waals surface area contributed by atoms with Crippen molar-refractivity contribution in [2.45, 2.75) is 6.54 Å². The van der Waals surface area contributed by atoms with Crippen molar-refractivity contribution in [3.8, 4) is 22.9 Å². The Morgan fingerprint density at radius 1 is 1.00 bits per heavy atom. The Morgan fingerprint density at radius 3 is 2.66 bits per heavy atom. The van der Waals surface area contributed by atoms with E-state index in [1.54, 1.807) is 6.07 Å². The second-order valence-electron chi connectivity index (χ2n) is 6.62. The third kappa shape index (κ3) is 3.28. The van der Waals surface area contributed by atoms with E-state index in [0.29, 0.717) is 39.8 Å². The molecule has 0 saturated carbocycles. The minimum absolute atomic E-state index is 0.169. The van der Waals surface area contributed by atoms with Crippen LogP contribution in [0.15, 0.2) is 71.5 Å². The van der Waals surface area contributed by atoms with Crippen molar-refractivity contribution in [3.05, 3.63) is 87.7 Å². The molecule has 2 heterocycles. The number of ether oxygens (including phenoxy) is 2. The van der Waals surface area contributed by atoms with Crippen molar-refractivity contribution < 1.29 is 9.47 Å². The molecular weight excluding hydrogens is 390 g/mol. The summed E-state index contributed by atoms with van der Waals surface area (Å²) in [5.41, 5.74) is 5.41. The Balaban J connectivity index is 1.62. The summed E-state index contributed by atoms with van der Waals surface area (Å²) in [6.07, 6.45) is 0. The van der Waals surface area contributed by atoms with Gasteiger partial charge in [-0.25, -0.2) is 9.66 Å². The van der Waals surface area contributed by atoms with Crippen LogP contribution in [0.1, 0.15) is 5.56 Å². The van der Waals surface area contributed by atoms with Crippen LogP contribution in [0.2, 0.25) is 5.02 Å². The molecule has 0 fully saturated rings. The summed E-state index contributed by atoms with van der Waals surface area (Å²) in [5, 5.41) is 1.21. The molecule has 144 valence electrons. The number of fused-ring (bicyclic) bond motifs is 2. The summed E-state index contributed by atoms with van der Waals surface area (Å²) >= 11 is 5.96. The van der Waals surface area contributed by atoms with Gasteiger partial charge in [-0.05, 0) is 48.0 Å². The van der Waals surface area contributed by atoms with Crippen LogP contribution in [-0.4, -0.2) is 16.5 Å². The van der Waals surface area contributed by atoms with Crippen LogP contribution < -0.4 is 20.5 Å². The van der Waals surface area contributed by atoms with Crippen LogP contribution >= 0.6 is 11.6 Å². The Kier molecular flexibility index (Phi) is 4.33. The summed E-state index contributed by atoms with van der Waals surface area (Å²) < 4.78 is 12.4. The van der Waals surface area contributed by atoms with E-state index in [2.05, 4.69) is 5.43 Å². The lowest BCUT2D eigenvalue weighted by atomic mass is 10.1. The van der Waals surface area contributed by atoms with E-state index in [0.717, 1.165) is 11.1 Å². The van der Waals surface area contributed by atoms with Gasteiger partial charge in [-0.1, -0.05) is 35.9 Å². The molecule has 4 aromatic rings. The SMILES string of the molecule is O=c1c2ccccc2nc(-c2ccc3c(c2)OCO3)n1NCc1ccc(Cl)cc1. The molecule has 7 heteroatoms. The molecule has 0 radical (unpaired) electrons. The first-order chi connectivity index (χ1) is 14.2. The Morgan fingerprint density at radius 2 is 1.79 bits per heavy atom. The lowest BCUT2D eigenvalue weighted by molar-refractivity contribution is 0.174. The summed E-state index contributed by atoms with van der Waals surface area (Å²) in [6, 6.07) is 20.3. The molecule has 6 nitrogen and oxygen atoms in total. The number of rotatable bonds is 4. The average molecular weight is 406 g/mol. The molecule has 1 aliphatic heterocycles. The number of hydrogen-bond donors (Lipinski definition) is 1. The fourth-order valence-electron chi connectivity index (χ4n) is 3.28. The third-order valence-electron chi connectivity index (χ3n) is 4.76. The van der Waals surface area contributed by atoms with Gasteiger partial charge in [0.25, 0.3) is 5.56 Å². The molecule has 1 aromatic heterocycles. The second kappa shape index (κ2) is 7.14. The summed E-state index contributed by atoms with van der Waals surface area (Å²) in [7, 11) is 0. The fourth-order valence-corrected chi connectivity index (χ4v) is 3.41. The molecule has 3 aromatic carbocycles. The van der Waals surface area contributed by atoms with Crippen molar-refractivity contribution in [3.63, 3.8) is 0 Å².